The average molecular weight is 338 g/mol. The maximum absolute atomic E-state index is 12.4. The maximum Gasteiger partial charge on any atom is 0.327 e. The van der Waals surface area contributed by atoms with Crippen LogP contribution in [0.1, 0.15) is 26.2 Å². The van der Waals surface area contributed by atoms with Crippen LogP contribution >= 0.6 is 11.8 Å². The first-order valence-corrected chi connectivity index (χ1v) is 9.88. The van der Waals surface area contributed by atoms with Crippen molar-refractivity contribution in [1.29, 1.82) is 0 Å². The lowest BCUT2D eigenvalue weighted by Crippen LogP contribution is -2.52. The lowest BCUT2D eigenvalue weighted by Gasteiger charge is -2.29. The van der Waals surface area contributed by atoms with Crippen LogP contribution in [0.25, 0.3) is 0 Å². The summed E-state index contributed by atoms with van der Waals surface area (Å²) in [6.07, 6.45) is 2.60. The molecule has 1 fully saturated rings. The number of nitrogens with zero attached hydrogens (tertiary/aromatic N) is 1. The first-order chi connectivity index (χ1) is 9.67. The van der Waals surface area contributed by atoms with Gasteiger partial charge in [-0.25, -0.2) is 13.2 Å². The monoisotopic (exact) mass is 338 g/mol. The van der Waals surface area contributed by atoms with Crippen molar-refractivity contribution in [3.05, 3.63) is 0 Å². The third kappa shape index (κ3) is 5.15. The van der Waals surface area contributed by atoms with Gasteiger partial charge in [0.25, 0.3) is 0 Å². The van der Waals surface area contributed by atoms with Gasteiger partial charge < -0.3 is 15.7 Å². The Morgan fingerprint density at radius 3 is 2.57 bits per heavy atom. The minimum absolute atomic E-state index is 0.00399. The molecule has 0 aliphatic carbocycles. The predicted octanol–water partition coefficient (Wildman–Crippen LogP) is -0.0968. The number of carbonyl (C=O) groups is 2. The van der Waals surface area contributed by atoms with Gasteiger partial charge in [0.2, 0.25) is 5.91 Å². The first kappa shape index (κ1) is 18.2. The molecule has 0 radical (unpaired) electrons. The molecule has 3 N–H and O–H groups in total. The second-order valence-electron chi connectivity index (χ2n) is 5.20. The van der Waals surface area contributed by atoms with Gasteiger partial charge in [-0.2, -0.15) is 0 Å². The lowest BCUT2D eigenvalue weighted by molar-refractivity contribution is -0.149. The molecule has 1 rings (SSSR count). The van der Waals surface area contributed by atoms with E-state index < -0.39 is 33.8 Å². The van der Waals surface area contributed by atoms with Crippen molar-refractivity contribution >= 4 is 33.5 Å². The van der Waals surface area contributed by atoms with Crippen molar-refractivity contribution in [1.82, 2.24) is 4.90 Å². The Balaban J connectivity index is 2.80. The summed E-state index contributed by atoms with van der Waals surface area (Å²) < 4.78 is 22.3. The van der Waals surface area contributed by atoms with Crippen LogP contribution < -0.4 is 5.73 Å². The summed E-state index contributed by atoms with van der Waals surface area (Å²) >= 11 is 1.43. The van der Waals surface area contributed by atoms with Gasteiger partial charge in [0.15, 0.2) is 0 Å². The molecule has 1 amide bonds. The number of thioether (sulfide) groups is 1. The number of amides is 1. The molecule has 1 saturated heterocycles. The Hall–Kier alpha value is -0.800. The van der Waals surface area contributed by atoms with Crippen LogP contribution in [0.4, 0.5) is 0 Å². The average Bonchev–Trinajstić information content (AvgIpc) is 2.78. The Morgan fingerprint density at radius 2 is 2.10 bits per heavy atom. The third-order valence-electron chi connectivity index (χ3n) is 3.28. The summed E-state index contributed by atoms with van der Waals surface area (Å²) in [7, 11) is -3.20. The Labute approximate surface area is 129 Å². The van der Waals surface area contributed by atoms with Gasteiger partial charge in [0, 0.05) is 12.0 Å². The second-order valence-corrected chi connectivity index (χ2v) is 8.67. The molecule has 0 spiro atoms. The van der Waals surface area contributed by atoms with Gasteiger partial charge in [-0.1, -0.05) is 13.3 Å². The molecule has 0 aromatic carbocycles. The molecule has 1 aliphatic rings. The highest BCUT2D eigenvalue weighted by Gasteiger charge is 2.42. The quantitative estimate of drug-likeness (QED) is 0.665. The van der Waals surface area contributed by atoms with E-state index >= 15 is 0 Å². The van der Waals surface area contributed by atoms with E-state index in [1.807, 2.05) is 6.92 Å². The largest absolute Gasteiger partial charge is 0.480 e. The van der Waals surface area contributed by atoms with E-state index in [0.717, 1.165) is 12.7 Å². The van der Waals surface area contributed by atoms with Crippen LogP contribution in [0, 0.1) is 0 Å². The minimum atomic E-state index is -3.20. The van der Waals surface area contributed by atoms with Gasteiger partial charge in [0.05, 0.1) is 17.2 Å². The van der Waals surface area contributed by atoms with E-state index in [1.165, 1.54) is 16.7 Å². The lowest BCUT2D eigenvalue weighted by atomic mass is 10.1. The molecule has 9 heteroatoms. The van der Waals surface area contributed by atoms with Crippen molar-refractivity contribution in [2.24, 2.45) is 5.73 Å². The van der Waals surface area contributed by atoms with Crippen LogP contribution in [0.2, 0.25) is 0 Å². The second kappa shape index (κ2) is 7.46. The number of hydrogen-bond donors (Lipinski definition) is 2. The topological polar surface area (TPSA) is 118 Å². The minimum Gasteiger partial charge on any atom is -0.480 e. The van der Waals surface area contributed by atoms with Gasteiger partial charge in [-0.3, -0.25) is 4.79 Å². The Bertz CT molecular complexity index is 494. The smallest absolute Gasteiger partial charge is 0.327 e. The van der Waals surface area contributed by atoms with Crippen LogP contribution in [0.5, 0.6) is 0 Å². The number of aliphatic carboxylic acids is 1. The molecule has 1 aliphatic heterocycles. The summed E-state index contributed by atoms with van der Waals surface area (Å²) in [6, 6.07) is -1.87. The zero-order valence-corrected chi connectivity index (χ0v) is 13.8. The van der Waals surface area contributed by atoms with Crippen LogP contribution in [0.15, 0.2) is 0 Å². The number of carboxylic acid groups (broad SMARTS) is 1. The maximum atomic E-state index is 12.4. The number of hydrogen-bond acceptors (Lipinski definition) is 6. The fourth-order valence-electron chi connectivity index (χ4n) is 2.17. The summed E-state index contributed by atoms with van der Waals surface area (Å²) in [5.41, 5.74) is 5.77. The molecule has 0 bridgehead atoms. The van der Waals surface area contributed by atoms with Crippen LogP contribution in [0.3, 0.4) is 0 Å². The number of carbonyl (C=O) groups excluding carboxylic acids is 1. The molecule has 1 heterocycles. The van der Waals surface area contributed by atoms with Gasteiger partial charge in [0.1, 0.15) is 15.9 Å². The fraction of sp³-hybridized carbons (Fsp3) is 0.833. The summed E-state index contributed by atoms with van der Waals surface area (Å²) in [5.74, 6) is -1.37. The molecule has 7 nitrogen and oxygen atoms in total. The predicted molar refractivity (Wildman–Crippen MR) is 81.7 cm³/mol. The number of rotatable bonds is 7. The number of sulfone groups is 1. The van der Waals surface area contributed by atoms with Gasteiger partial charge in [-0.15, -0.1) is 11.8 Å². The highest BCUT2D eigenvalue weighted by atomic mass is 32.2. The van der Waals surface area contributed by atoms with Gasteiger partial charge in [-0.05, 0) is 12.8 Å². The normalized spacial score (nSPS) is 24.0. The van der Waals surface area contributed by atoms with Crippen LogP contribution in [-0.2, 0) is 19.4 Å². The third-order valence-corrected chi connectivity index (χ3v) is 5.62. The number of nitrogens with two attached hydrogens (primary N) is 1. The number of carboxylic acids is 1. The summed E-state index contributed by atoms with van der Waals surface area (Å²) in [6.45, 7) is 1.96. The van der Waals surface area contributed by atoms with Crippen molar-refractivity contribution < 1.29 is 23.1 Å². The van der Waals surface area contributed by atoms with E-state index in [1.54, 1.807) is 0 Å². The summed E-state index contributed by atoms with van der Waals surface area (Å²) in [5, 5.41) is 9.01. The van der Waals surface area contributed by atoms with Crippen molar-refractivity contribution in [3.8, 4) is 0 Å². The molecule has 0 saturated carbocycles. The highest BCUT2D eigenvalue weighted by molar-refractivity contribution is 8.00. The molecule has 122 valence electrons. The standard InChI is InChI=1S/C12H22N2O5S2/c1-3-4-10-14(9(7-20-10)12(16)17)11(15)8(13)5-6-21(2,18)19/h8-10H,3-7,13H2,1-2H3,(H,16,17). The molecule has 0 aromatic heterocycles. The molecule has 3 unspecified atom stereocenters. The molecular weight excluding hydrogens is 316 g/mol. The van der Waals surface area contributed by atoms with Crippen molar-refractivity contribution in [2.75, 3.05) is 17.8 Å². The van der Waals surface area contributed by atoms with E-state index in [4.69, 9.17) is 5.73 Å². The van der Waals surface area contributed by atoms with E-state index in [-0.39, 0.29) is 17.5 Å². The van der Waals surface area contributed by atoms with Crippen molar-refractivity contribution in [2.45, 2.75) is 43.6 Å². The SMILES string of the molecule is CCCC1SCC(C(=O)O)N1C(=O)C(N)CCS(C)(=O)=O. The molecule has 0 aromatic rings. The zero-order chi connectivity index (χ0) is 16.2. The molecule has 21 heavy (non-hydrogen) atoms. The fourth-order valence-corrected chi connectivity index (χ4v) is 4.38. The van der Waals surface area contributed by atoms with Crippen molar-refractivity contribution in [3.63, 3.8) is 0 Å². The van der Waals surface area contributed by atoms with Gasteiger partial charge >= 0.3 is 5.97 Å². The Morgan fingerprint density at radius 1 is 1.48 bits per heavy atom. The highest BCUT2D eigenvalue weighted by Crippen LogP contribution is 2.32. The molecule has 3 atom stereocenters. The Kier molecular flexibility index (Phi) is 6.48. The molecular formula is C12H22N2O5S2. The van der Waals surface area contributed by atoms with Crippen LogP contribution in [-0.4, -0.2) is 65.5 Å². The first-order valence-electron chi connectivity index (χ1n) is 6.77. The van der Waals surface area contributed by atoms with E-state index in [9.17, 15) is 23.1 Å². The van der Waals surface area contributed by atoms with E-state index in [0.29, 0.717) is 12.2 Å². The zero-order valence-electron chi connectivity index (χ0n) is 12.2. The van der Waals surface area contributed by atoms with E-state index in [2.05, 4.69) is 0 Å². The summed E-state index contributed by atoms with van der Waals surface area (Å²) in [4.78, 5) is 25.0.